The first-order chi connectivity index (χ1) is 8.32. The van der Waals surface area contributed by atoms with Crippen LogP contribution in [0.25, 0.3) is 0 Å². The number of halogens is 4. The van der Waals surface area contributed by atoms with Gasteiger partial charge in [-0.1, -0.05) is 40.9 Å². The van der Waals surface area contributed by atoms with E-state index in [2.05, 4.69) is 0 Å². The monoisotopic (exact) mass is 330 g/mol. The normalized spacial score (nSPS) is 10.9. The molecule has 1 aromatic rings. The lowest BCUT2D eigenvalue weighted by Gasteiger charge is -2.10. The number of carbonyl (C=O) groups excluding carboxylic acids is 2. The number of carbonyl (C=O) groups is 2. The Morgan fingerprint density at radius 1 is 1.11 bits per heavy atom. The molecule has 0 radical (unpaired) electrons. The summed E-state index contributed by atoms with van der Waals surface area (Å²) in [6.07, 6.45) is 0. The number of ether oxygens (including phenoxy) is 2. The van der Waals surface area contributed by atoms with Crippen molar-refractivity contribution in [1.82, 2.24) is 0 Å². The summed E-state index contributed by atoms with van der Waals surface area (Å²) in [4.78, 5) is 22.2. The Hall–Kier alpha value is -0.680. The summed E-state index contributed by atoms with van der Waals surface area (Å²) in [5, 5.41) is 0. The largest absolute Gasteiger partial charge is 0.426 e. The van der Waals surface area contributed by atoms with Crippen LogP contribution in [0.5, 0.6) is 11.5 Å². The van der Waals surface area contributed by atoms with Crippen LogP contribution < -0.4 is 9.47 Å². The fraction of sp³-hybridized carbons (Fsp3) is 0.200. The van der Waals surface area contributed by atoms with Gasteiger partial charge in [0.1, 0.15) is 17.4 Å². The van der Waals surface area contributed by atoms with Crippen LogP contribution >= 0.6 is 46.4 Å². The quantitative estimate of drug-likeness (QED) is 0.485. The second kappa shape index (κ2) is 6.48. The van der Waals surface area contributed by atoms with Gasteiger partial charge in [-0.05, 0) is 12.1 Å². The lowest BCUT2D eigenvalue weighted by Crippen LogP contribution is -2.24. The van der Waals surface area contributed by atoms with E-state index in [-0.39, 0.29) is 17.4 Å². The van der Waals surface area contributed by atoms with E-state index >= 15 is 0 Å². The van der Waals surface area contributed by atoms with Crippen molar-refractivity contribution in [3.05, 3.63) is 24.3 Å². The van der Waals surface area contributed by atoms with Gasteiger partial charge in [-0.15, -0.1) is 11.6 Å². The highest BCUT2D eigenvalue weighted by Gasteiger charge is 2.33. The molecule has 0 aliphatic carbocycles. The van der Waals surface area contributed by atoms with E-state index in [9.17, 15) is 9.59 Å². The van der Waals surface area contributed by atoms with E-state index < -0.39 is 15.7 Å². The van der Waals surface area contributed by atoms with Gasteiger partial charge in [-0.25, -0.2) is 4.79 Å². The van der Waals surface area contributed by atoms with Crippen molar-refractivity contribution >= 4 is 58.3 Å². The number of rotatable bonds is 3. The van der Waals surface area contributed by atoms with Crippen molar-refractivity contribution in [3.63, 3.8) is 0 Å². The van der Waals surface area contributed by atoms with Gasteiger partial charge in [0.05, 0.1) is 0 Å². The molecule has 0 aliphatic rings. The Labute approximate surface area is 123 Å². The third-order valence-corrected chi connectivity index (χ3v) is 2.27. The van der Waals surface area contributed by atoms with Crippen molar-refractivity contribution in [2.45, 2.75) is 3.79 Å². The molecule has 4 nitrogen and oxygen atoms in total. The molecule has 0 spiro atoms. The summed E-state index contributed by atoms with van der Waals surface area (Å²) in [5.74, 6) is -1.76. The summed E-state index contributed by atoms with van der Waals surface area (Å²) in [7, 11) is 0. The van der Waals surface area contributed by atoms with Gasteiger partial charge >= 0.3 is 11.9 Å². The molecule has 98 valence electrons. The molecule has 8 heteroatoms. The zero-order chi connectivity index (χ0) is 13.8. The van der Waals surface area contributed by atoms with E-state index in [4.69, 9.17) is 55.9 Å². The molecule has 0 unspecified atom stereocenters. The Morgan fingerprint density at radius 2 is 1.67 bits per heavy atom. The molecule has 0 saturated heterocycles. The van der Waals surface area contributed by atoms with Crippen molar-refractivity contribution < 1.29 is 19.1 Å². The third kappa shape index (κ3) is 4.90. The summed E-state index contributed by atoms with van der Waals surface area (Å²) < 4.78 is 7.41. The fourth-order valence-electron chi connectivity index (χ4n) is 0.925. The lowest BCUT2D eigenvalue weighted by molar-refractivity contribution is -0.133. The van der Waals surface area contributed by atoms with Crippen LogP contribution in [-0.4, -0.2) is 21.6 Å². The summed E-state index contributed by atoms with van der Waals surface area (Å²) in [6, 6.07) is 5.71. The average molecular weight is 332 g/mol. The predicted molar refractivity (Wildman–Crippen MR) is 68.7 cm³/mol. The van der Waals surface area contributed by atoms with E-state index in [1.165, 1.54) is 24.3 Å². The molecular weight excluding hydrogens is 326 g/mol. The first kappa shape index (κ1) is 15.4. The summed E-state index contributed by atoms with van der Waals surface area (Å²) in [6.45, 7) is 0. The molecule has 1 aromatic carbocycles. The van der Waals surface area contributed by atoms with Gasteiger partial charge in [0.25, 0.3) is 3.79 Å². The van der Waals surface area contributed by atoms with Crippen molar-refractivity contribution in [2.24, 2.45) is 0 Å². The topological polar surface area (TPSA) is 52.6 Å². The van der Waals surface area contributed by atoms with Gasteiger partial charge < -0.3 is 9.47 Å². The number of esters is 2. The molecule has 0 bridgehead atoms. The maximum Gasteiger partial charge on any atom is 0.363 e. The smallest absolute Gasteiger partial charge is 0.363 e. The highest BCUT2D eigenvalue weighted by atomic mass is 35.6. The second-order valence-electron chi connectivity index (χ2n) is 2.97. The molecule has 0 fully saturated rings. The highest BCUT2D eigenvalue weighted by Crippen LogP contribution is 2.29. The zero-order valence-corrected chi connectivity index (χ0v) is 11.7. The van der Waals surface area contributed by atoms with Crippen LogP contribution in [0.1, 0.15) is 0 Å². The van der Waals surface area contributed by atoms with Crippen LogP contribution in [0.4, 0.5) is 0 Å². The summed E-state index contributed by atoms with van der Waals surface area (Å²) in [5.41, 5.74) is 0. The molecule has 0 aliphatic heterocycles. The van der Waals surface area contributed by atoms with Crippen molar-refractivity contribution in [2.75, 3.05) is 5.88 Å². The maximum absolute atomic E-state index is 11.3. The molecule has 1 rings (SSSR count). The van der Waals surface area contributed by atoms with E-state index in [0.29, 0.717) is 0 Å². The molecule has 0 aromatic heterocycles. The van der Waals surface area contributed by atoms with E-state index in [1.54, 1.807) is 0 Å². The fourth-order valence-corrected chi connectivity index (χ4v) is 1.10. The van der Waals surface area contributed by atoms with Crippen LogP contribution in [-0.2, 0) is 9.59 Å². The second-order valence-corrected chi connectivity index (χ2v) is 5.52. The molecule has 0 heterocycles. The molecule has 0 N–H and O–H groups in total. The third-order valence-electron chi connectivity index (χ3n) is 1.59. The Kier molecular flexibility index (Phi) is 5.53. The van der Waals surface area contributed by atoms with E-state index in [0.717, 1.165) is 0 Å². The van der Waals surface area contributed by atoms with Crippen LogP contribution in [0, 0.1) is 0 Å². The van der Waals surface area contributed by atoms with Crippen LogP contribution in [0.2, 0.25) is 0 Å². The average Bonchev–Trinajstić information content (AvgIpc) is 2.28. The van der Waals surface area contributed by atoms with Crippen LogP contribution in [0.3, 0.4) is 0 Å². The molecular formula is C10H6Cl4O4. The first-order valence-electron chi connectivity index (χ1n) is 4.48. The molecule has 0 atom stereocenters. The number of benzene rings is 1. The summed E-state index contributed by atoms with van der Waals surface area (Å²) >= 11 is 21.3. The minimum Gasteiger partial charge on any atom is -0.426 e. The Balaban J connectivity index is 2.77. The maximum atomic E-state index is 11.3. The predicted octanol–water partition coefficient (Wildman–Crippen LogP) is 3.11. The lowest BCUT2D eigenvalue weighted by atomic mass is 10.3. The molecule has 0 saturated carbocycles. The SMILES string of the molecule is O=C(CCl)Oc1cccc(OC(=O)C(Cl)(Cl)Cl)c1. The number of alkyl halides is 4. The standard InChI is InChI=1S/C10H6Cl4O4/c11-5-8(15)17-6-2-1-3-7(4-6)18-9(16)10(12,13)14/h1-4H,5H2. The molecule has 18 heavy (non-hydrogen) atoms. The molecule has 0 amide bonds. The Morgan fingerprint density at radius 3 is 2.17 bits per heavy atom. The minimum atomic E-state index is -2.18. The van der Waals surface area contributed by atoms with Gasteiger partial charge in [0.2, 0.25) is 0 Å². The van der Waals surface area contributed by atoms with Crippen molar-refractivity contribution in [1.29, 1.82) is 0 Å². The zero-order valence-electron chi connectivity index (χ0n) is 8.66. The Bertz CT molecular complexity index is 455. The first-order valence-corrected chi connectivity index (χ1v) is 6.15. The van der Waals surface area contributed by atoms with Gasteiger partial charge in [0.15, 0.2) is 0 Å². The van der Waals surface area contributed by atoms with Crippen LogP contribution in [0.15, 0.2) is 24.3 Å². The minimum absolute atomic E-state index is 0.0752. The van der Waals surface area contributed by atoms with E-state index in [1.807, 2.05) is 0 Å². The highest BCUT2D eigenvalue weighted by molar-refractivity contribution is 6.75. The van der Waals surface area contributed by atoms with Crippen molar-refractivity contribution in [3.8, 4) is 11.5 Å². The number of hydrogen-bond donors (Lipinski definition) is 0. The van der Waals surface area contributed by atoms with Gasteiger partial charge in [0, 0.05) is 6.07 Å². The number of hydrogen-bond acceptors (Lipinski definition) is 4. The van der Waals surface area contributed by atoms with Gasteiger partial charge in [-0.3, -0.25) is 4.79 Å². The van der Waals surface area contributed by atoms with Gasteiger partial charge in [-0.2, -0.15) is 0 Å².